The van der Waals surface area contributed by atoms with Crippen molar-refractivity contribution in [3.63, 3.8) is 0 Å². The number of carbonyl (C=O) groups is 1. The molecule has 0 aliphatic rings. The highest BCUT2D eigenvalue weighted by Gasteiger charge is 2.15. The lowest BCUT2D eigenvalue weighted by molar-refractivity contribution is 0.0930. The molecule has 0 aliphatic carbocycles. The molecule has 26 heavy (non-hydrogen) atoms. The van der Waals surface area contributed by atoms with E-state index in [2.05, 4.69) is 20.4 Å². The maximum atomic E-state index is 12.3. The molecule has 0 aromatic carbocycles. The van der Waals surface area contributed by atoms with E-state index in [9.17, 15) is 4.79 Å². The van der Waals surface area contributed by atoms with Gasteiger partial charge in [-0.05, 0) is 25.0 Å². The first-order chi connectivity index (χ1) is 12.6. The number of pyridine rings is 2. The van der Waals surface area contributed by atoms with Crippen molar-refractivity contribution in [1.29, 1.82) is 0 Å². The molecule has 0 saturated carbocycles. The Morgan fingerprint density at radius 3 is 2.96 bits per heavy atom. The highest BCUT2D eigenvalue weighted by molar-refractivity contribution is 6.30. The molecule has 3 aromatic heterocycles. The van der Waals surface area contributed by atoms with Gasteiger partial charge in [0, 0.05) is 36.8 Å². The highest BCUT2D eigenvalue weighted by atomic mass is 35.5. The molecule has 1 atom stereocenters. The summed E-state index contributed by atoms with van der Waals surface area (Å²) in [6, 6.07) is 6.94. The van der Waals surface area contributed by atoms with Gasteiger partial charge in [0.15, 0.2) is 11.5 Å². The molecule has 7 nitrogen and oxygen atoms in total. The topological polar surface area (TPSA) is 90.1 Å². The molecule has 1 amide bonds. The SMILES string of the molecule is CC(Cc1cccnc1)NC(=O)c1cc(COc2cncc(Cl)c2)on1. The van der Waals surface area contributed by atoms with Crippen molar-refractivity contribution in [3.05, 3.63) is 71.1 Å². The molecule has 8 heteroatoms. The lowest BCUT2D eigenvalue weighted by atomic mass is 10.1. The number of rotatable bonds is 7. The van der Waals surface area contributed by atoms with Crippen LogP contribution in [-0.2, 0) is 13.0 Å². The summed E-state index contributed by atoms with van der Waals surface area (Å²) >= 11 is 5.84. The van der Waals surface area contributed by atoms with Crippen LogP contribution in [0, 0.1) is 0 Å². The summed E-state index contributed by atoms with van der Waals surface area (Å²) in [6.07, 6.45) is 7.22. The third-order valence-corrected chi connectivity index (χ3v) is 3.70. The Labute approximate surface area is 155 Å². The normalized spacial score (nSPS) is 11.8. The summed E-state index contributed by atoms with van der Waals surface area (Å²) in [5, 5.41) is 7.14. The van der Waals surface area contributed by atoms with E-state index in [4.69, 9.17) is 20.9 Å². The van der Waals surface area contributed by atoms with Crippen LogP contribution in [0.15, 0.2) is 53.6 Å². The van der Waals surface area contributed by atoms with Gasteiger partial charge in [0.1, 0.15) is 12.4 Å². The predicted molar refractivity (Wildman–Crippen MR) is 95.0 cm³/mol. The van der Waals surface area contributed by atoms with E-state index in [-0.39, 0.29) is 24.2 Å². The molecule has 3 rings (SSSR count). The van der Waals surface area contributed by atoms with Crippen LogP contribution in [0.1, 0.15) is 28.7 Å². The Hall–Kier alpha value is -2.93. The van der Waals surface area contributed by atoms with Gasteiger partial charge in [-0.25, -0.2) is 0 Å². The van der Waals surface area contributed by atoms with Gasteiger partial charge in [-0.15, -0.1) is 0 Å². The quantitative estimate of drug-likeness (QED) is 0.685. The van der Waals surface area contributed by atoms with Gasteiger partial charge in [-0.1, -0.05) is 22.8 Å². The first-order valence-electron chi connectivity index (χ1n) is 7.99. The number of amides is 1. The van der Waals surface area contributed by atoms with Crippen LogP contribution in [0.4, 0.5) is 0 Å². The average molecular weight is 373 g/mol. The van der Waals surface area contributed by atoms with E-state index in [1.807, 2.05) is 19.1 Å². The van der Waals surface area contributed by atoms with Gasteiger partial charge in [0.05, 0.1) is 11.2 Å². The number of hydrogen-bond donors (Lipinski definition) is 1. The van der Waals surface area contributed by atoms with Crippen LogP contribution in [-0.4, -0.2) is 27.1 Å². The third kappa shape index (κ3) is 5.03. The molecule has 0 aliphatic heterocycles. The second-order valence-electron chi connectivity index (χ2n) is 5.75. The molecular formula is C18H17ClN4O3. The van der Waals surface area contributed by atoms with Crippen LogP contribution in [0.25, 0.3) is 0 Å². The number of carbonyl (C=O) groups excluding carboxylic acids is 1. The van der Waals surface area contributed by atoms with Gasteiger partial charge < -0.3 is 14.6 Å². The summed E-state index contributed by atoms with van der Waals surface area (Å²) in [6.45, 7) is 2.04. The van der Waals surface area contributed by atoms with Crippen LogP contribution < -0.4 is 10.1 Å². The van der Waals surface area contributed by atoms with Crippen molar-refractivity contribution in [1.82, 2.24) is 20.4 Å². The van der Waals surface area contributed by atoms with E-state index in [0.29, 0.717) is 23.0 Å². The molecule has 0 fully saturated rings. The highest BCUT2D eigenvalue weighted by Crippen LogP contribution is 2.17. The zero-order chi connectivity index (χ0) is 18.4. The summed E-state index contributed by atoms with van der Waals surface area (Å²) < 4.78 is 10.6. The minimum absolute atomic E-state index is 0.0689. The predicted octanol–water partition coefficient (Wildman–Crippen LogP) is 3.06. The number of hydrogen-bond acceptors (Lipinski definition) is 6. The molecule has 0 spiro atoms. The zero-order valence-electron chi connectivity index (χ0n) is 14.1. The van der Waals surface area contributed by atoms with Gasteiger partial charge in [0.25, 0.3) is 5.91 Å². The molecule has 0 saturated heterocycles. The van der Waals surface area contributed by atoms with Crippen molar-refractivity contribution in [2.24, 2.45) is 0 Å². The second kappa shape index (κ2) is 8.44. The maximum absolute atomic E-state index is 12.3. The van der Waals surface area contributed by atoms with Crippen LogP contribution in [0.3, 0.4) is 0 Å². The van der Waals surface area contributed by atoms with E-state index in [0.717, 1.165) is 5.56 Å². The van der Waals surface area contributed by atoms with Crippen molar-refractivity contribution < 1.29 is 14.1 Å². The Morgan fingerprint density at radius 1 is 1.31 bits per heavy atom. The minimum Gasteiger partial charge on any atom is -0.484 e. The molecule has 0 radical (unpaired) electrons. The summed E-state index contributed by atoms with van der Waals surface area (Å²) in [7, 11) is 0. The van der Waals surface area contributed by atoms with Gasteiger partial charge in [-0.2, -0.15) is 0 Å². The minimum atomic E-state index is -0.305. The first kappa shape index (κ1) is 17.9. The van der Waals surface area contributed by atoms with E-state index < -0.39 is 0 Å². The van der Waals surface area contributed by atoms with E-state index in [1.165, 1.54) is 12.4 Å². The van der Waals surface area contributed by atoms with Crippen molar-refractivity contribution in [2.75, 3.05) is 0 Å². The van der Waals surface area contributed by atoms with Crippen molar-refractivity contribution >= 4 is 17.5 Å². The molecule has 134 valence electrons. The molecule has 1 N–H and O–H groups in total. The Bertz CT molecular complexity index is 870. The van der Waals surface area contributed by atoms with E-state index >= 15 is 0 Å². The maximum Gasteiger partial charge on any atom is 0.273 e. The fraction of sp³-hybridized carbons (Fsp3) is 0.222. The fourth-order valence-corrected chi connectivity index (χ4v) is 2.50. The van der Waals surface area contributed by atoms with Gasteiger partial charge >= 0.3 is 0 Å². The lowest BCUT2D eigenvalue weighted by Crippen LogP contribution is -2.34. The van der Waals surface area contributed by atoms with E-state index in [1.54, 1.807) is 24.5 Å². The van der Waals surface area contributed by atoms with Crippen LogP contribution >= 0.6 is 11.6 Å². The number of aromatic nitrogens is 3. The number of ether oxygens (including phenoxy) is 1. The Morgan fingerprint density at radius 2 is 2.19 bits per heavy atom. The molecule has 3 aromatic rings. The largest absolute Gasteiger partial charge is 0.484 e. The van der Waals surface area contributed by atoms with Gasteiger partial charge in [0.2, 0.25) is 0 Å². The Kier molecular flexibility index (Phi) is 5.80. The fourth-order valence-electron chi connectivity index (χ4n) is 2.33. The smallest absolute Gasteiger partial charge is 0.273 e. The molecule has 3 heterocycles. The monoisotopic (exact) mass is 372 g/mol. The summed E-state index contributed by atoms with van der Waals surface area (Å²) in [5.41, 5.74) is 1.25. The van der Waals surface area contributed by atoms with Crippen LogP contribution in [0.5, 0.6) is 5.75 Å². The molecule has 0 bridgehead atoms. The third-order valence-electron chi connectivity index (χ3n) is 3.49. The summed E-state index contributed by atoms with van der Waals surface area (Å²) in [4.78, 5) is 20.2. The van der Waals surface area contributed by atoms with Gasteiger partial charge in [-0.3, -0.25) is 14.8 Å². The van der Waals surface area contributed by atoms with Crippen molar-refractivity contribution in [3.8, 4) is 5.75 Å². The number of nitrogens with one attached hydrogen (secondary N) is 1. The molecule has 1 unspecified atom stereocenters. The first-order valence-corrected chi connectivity index (χ1v) is 8.36. The zero-order valence-corrected chi connectivity index (χ0v) is 14.8. The lowest BCUT2D eigenvalue weighted by Gasteiger charge is -2.12. The van der Waals surface area contributed by atoms with Crippen LogP contribution in [0.2, 0.25) is 5.02 Å². The summed E-state index contributed by atoms with van der Waals surface area (Å²) in [5.74, 6) is 0.626. The molecular weight excluding hydrogens is 356 g/mol. The number of halogens is 1. The average Bonchev–Trinajstić information content (AvgIpc) is 3.10. The standard InChI is InChI=1S/C18H17ClN4O3/c1-12(5-13-3-2-4-20-8-13)22-18(24)17-7-16(26-23-17)11-25-15-6-14(19)9-21-10-15/h2-4,6-10,12H,5,11H2,1H3,(H,22,24). The van der Waals surface area contributed by atoms with Crippen molar-refractivity contribution in [2.45, 2.75) is 26.0 Å². The Balaban J connectivity index is 1.52. The second-order valence-corrected chi connectivity index (χ2v) is 6.18. The number of nitrogens with zero attached hydrogens (tertiary/aromatic N) is 3.